The Bertz CT molecular complexity index is 638. The molecule has 0 bridgehead atoms. The third kappa shape index (κ3) is 3.36. The van der Waals surface area contributed by atoms with Crippen molar-refractivity contribution < 1.29 is 4.79 Å². The van der Waals surface area contributed by atoms with Gasteiger partial charge in [-0.05, 0) is 20.3 Å². The molecule has 0 radical (unpaired) electrons. The number of nitrogens with one attached hydrogen (secondary N) is 1. The Morgan fingerprint density at radius 3 is 2.82 bits per heavy atom. The van der Waals surface area contributed by atoms with Crippen molar-refractivity contribution in [2.24, 2.45) is 0 Å². The smallest absolute Gasteiger partial charge is 0.263 e. The minimum atomic E-state index is -0.00436. The van der Waals surface area contributed by atoms with Crippen molar-refractivity contribution in [3.8, 4) is 10.6 Å². The zero-order chi connectivity index (χ0) is 15.5. The van der Waals surface area contributed by atoms with E-state index in [1.165, 1.54) is 11.3 Å². The molecule has 0 spiro atoms. The van der Waals surface area contributed by atoms with Gasteiger partial charge >= 0.3 is 0 Å². The van der Waals surface area contributed by atoms with E-state index in [1.54, 1.807) is 6.20 Å². The van der Waals surface area contributed by atoms with Crippen LogP contribution in [0.15, 0.2) is 36.5 Å². The van der Waals surface area contributed by atoms with E-state index in [4.69, 9.17) is 0 Å². The third-order valence-electron chi connectivity index (χ3n) is 4.04. The second-order valence-corrected chi connectivity index (χ2v) is 6.97. The summed E-state index contributed by atoms with van der Waals surface area (Å²) in [6.45, 7) is 6.38. The molecule has 2 aromatic rings. The summed E-state index contributed by atoms with van der Waals surface area (Å²) in [5.74, 6) is -0.00436. The van der Waals surface area contributed by atoms with Gasteiger partial charge in [-0.15, -0.1) is 11.3 Å². The molecule has 1 aliphatic rings. The molecule has 1 unspecified atom stereocenters. The lowest BCUT2D eigenvalue weighted by Gasteiger charge is -2.20. The molecule has 5 heteroatoms. The van der Waals surface area contributed by atoms with Crippen molar-refractivity contribution >= 4 is 17.2 Å². The van der Waals surface area contributed by atoms with E-state index in [0.717, 1.165) is 30.1 Å². The lowest BCUT2D eigenvalue weighted by atomic mass is 10.2. The number of thiazole rings is 1. The quantitative estimate of drug-likeness (QED) is 0.943. The number of carbonyl (C=O) groups excluding carboxylic acids is 1. The summed E-state index contributed by atoms with van der Waals surface area (Å²) < 4.78 is 0. The zero-order valence-electron chi connectivity index (χ0n) is 13.0. The summed E-state index contributed by atoms with van der Waals surface area (Å²) in [6.07, 6.45) is 2.70. The summed E-state index contributed by atoms with van der Waals surface area (Å²) >= 11 is 1.45. The molecule has 1 saturated heterocycles. The second kappa shape index (κ2) is 6.58. The van der Waals surface area contributed by atoms with Gasteiger partial charge in [0, 0.05) is 30.7 Å². The van der Waals surface area contributed by atoms with Crippen LogP contribution in [0, 0.1) is 0 Å². The van der Waals surface area contributed by atoms with E-state index in [-0.39, 0.29) is 11.9 Å². The van der Waals surface area contributed by atoms with Crippen molar-refractivity contribution in [2.45, 2.75) is 32.4 Å². The molecule has 1 aromatic heterocycles. The maximum atomic E-state index is 12.4. The summed E-state index contributed by atoms with van der Waals surface area (Å²) in [5, 5.41) is 4.02. The van der Waals surface area contributed by atoms with Gasteiger partial charge in [0.25, 0.3) is 5.91 Å². The molecule has 2 heterocycles. The average molecular weight is 315 g/mol. The fraction of sp³-hybridized carbons (Fsp3) is 0.412. The Labute approximate surface area is 135 Å². The molecule has 1 aromatic carbocycles. The van der Waals surface area contributed by atoms with Crippen LogP contribution < -0.4 is 5.32 Å². The lowest BCUT2D eigenvalue weighted by molar-refractivity contribution is 0.0940. The number of aromatic nitrogens is 1. The van der Waals surface area contributed by atoms with Crippen LogP contribution in [0.3, 0.4) is 0 Å². The van der Waals surface area contributed by atoms with Crippen molar-refractivity contribution in [2.75, 3.05) is 13.1 Å². The molecule has 1 amide bonds. The van der Waals surface area contributed by atoms with Crippen LogP contribution in [-0.2, 0) is 0 Å². The molecule has 116 valence electrons. The summed E-state index contributed by atoms with van der Waals surface area (Å²) in [6, 6.07) is 10.7. The highest BCUT2D eigenvalue weighted by Crippen LogP contribution is 2.25. The highest BCUT2D eigenvalue weighted by Gasteiger charge is 2.26. The van der Waals surface area contributed by atoms with E-state index in [2.05, 4.69) is 29.0 Å². The van der Waals surface area contributed by atoms with Crippen molar-refractivity contribution in [3.63, 3.8) is 0 Å². The first-order valence-corrected chi connectivity index (χ1v) is 8.51. The van der Waals surface area contributed by atoms with Gasteiger partial charge < -0.3 is 5.32 Å². The molecule has 0 aliphatic carbocycles. The lowest BCUT2D eigenvalue weighted by Crippen LogP contribution is -2.38. The second-order valence-electron chi connectivity index (χ2n) is 5.94. The van der Waals surface area contributed by atoms with E-state index >= 15 is 0 Å². The predicted molar refractivity (Wildman–Crippen MR) is 90.1 cm³/mol. The van der Waals surface area contributed by atoms with Gasteiger partial charge in [-0.2, -0.15) is 0 Å². The maximum absolute atomic E-state index is 12.4. The summed E-state index contributed by atoms with van der Waals surface area (Å²) in [7, 11) is 0. The van der Waals surface area contributed by atoms with Gasteiger partial charge in [0.05, 0.1) is 6.20 Å². The van der Waals surface area contributed by atoms with Crippen LogP contribution in [0.2, 0.25) is 0 Å². The molecule has 0 saturated carbocycles. The van der Waals surface area contributed by atoms with Crippen molar-refractivity contribution in [3.05, 3.63) is 41.4 Å². The Balaban J connectivity index is 1.63. The molecule has 3 rings (SSSR count). The molecule has 4 nitrogen and oxygen atoms in total. The van der Waals surface area contributed by atoms with Gasteiger partial charge in [0.1, 0.15) is 9.88 Å². The number of likely N-dealkylation sites (tertiary alicyclic amines) is 1. The van der Waals surface area contributed by atoms with Gasteiger partial charge in [0.15, 0.2) is 0 Å². The minimum absolute atomic E-state index is 0.00436. The van der Waals surface area contributed by atoms with Crippen molar-refractivity contribution in [1.82, 2.24) is 15.2 Å². The van der Waals surface area contributed by atoms with Crippen LogP contribution in [0.4, 0.5) is 0 Å². The Morgan fingerprint density at radius 2 is 2.14 bits per heavy atom. The average Bonchev–Trinajstić information content (AvgIpc) is 3.17. The number of hydrogen-bond acceptors (Lipinski definition) is 4. The Kier molecular flexibility index (Phi) is 4.55. The zero-order valence-corrected chi connectivity index (χ0v) is 13.8. The molecule has 22 heavy (non-hydrogen) atoms. The van der Waals surface area contributed by atoms with Crippen LogP contribution in [0.1, 0.15) is 29.9 Å². The molecule has 1 fully saturated rings. The number of benzene rings is 1. The highest BCUT2D eigenvalue weighted by atomic mass is 32.1. The summed E-state index contributed by atoms with van der Waals surface area (Å²) in [4.78, 5) is 19.8. The number of rotatable bonds is 4. The molecular formula is C17H21N3OS. The topological polar surface area (TPSA) is 45.2 Å². The maximum Gasteiger partial charge on any atom is 0.263 e. The largest absolute Gasteiger partial charge is 0.347 e. The van der Waals surface area contributed by atoms with E-state index < -0.39 is 0 Å². The van der Waals surface area contributed by atoms with Gasteiger partial charge in [-0.1, -0.05) is 30.3 Å². The standard InChI is InChI=1S/C17H21N3OS/c1-12(2)20-9-8-14(11-20)19-16(21)15-10-18-17(22-15)13-6-4-3-5-7-13/h3-7,10,12,14H,8-9,11H2,1-2H3,(H,19,21). The number of amides is 1. The van der Waals surface area contributed by atoms with Crippen LogP contribution in [-0.4, -0.2) is 41.0 Å². The summed E-state index contributed by atoms with van der Waals surface area (Å²) in [5.41, 5.74) is 1.05. The molecular weight excluding hydrogens is 294 g/mol. The highest BCUT2D eigenvalue weighted by molar-refractivity contribution is 7.16. The number of carbonyl (C=O) groups is 1. The van der Waals surface area contributed by atoms with Gasteiger partial charge in [0.2, 0.25) is 0 Å². The first-order valence-electron chi connectivity index (χ1n) is 7.69. The molecule has 1 N–H and O–H groups in total. The normalized spacial score (nSPS) is 18.8. The monoisotopic (exact) mass is 315 g/mol. The minimum Gasteiger partial charge on any atom is -0.347 e. The van der Waals surface area contributed by atoms with Gasteiger partial charge in [-0.3, -0.25) is 9.69 Å². The van der Waals surface area contributed by atoms with E-state index in [9.17, 15) is 4.79 Å². The number of nitrogens with zero attached hydrogens (tertiary/aromatic N) is 2. The van der Waals surface area contributed by atoms with Crippen LogP contribution in [0.25, 0.3) is 10.6 Å². The molecule has 1 atom stereocenters. The predicted octanol–water partition coefficient (Wildman–Crippen LogP) is 3.02. The number of hydrogen-bond donors (Lipinski definition) is 1. The fourth-order valence-electron chi connectivity index (χ4n) is 2.72. The SMILES string of the molecule is CC(C)N1CCC(NC(=O)c2cnc(-c3ccccc3)s2)C1. The molecule has 1 aliphatic heterocycles. The van der Waals surface area contributed by atoms with E-state index in [0.29, 0.717) is 10.9 Å². The Hall–Kier alpha value is -1.72. The Morgan fingerprint density at radius 1 is 1.36 bits per heavy atom. The van der Waals surface area contributed by atoms with Crippen molar-refractivity contribution in [1.29, 1.82) is 0 Å². The van der Waals surface area contributed by atoms with Gasteiger partial charge in [-0.25, -0.2) is 4.98 Å². The van der Waals surface area contributed by atoms with Crippen LogP contribution in [0.5, 0.6) is 0 Å². The third-order valence-corrected chi connectivity index (χ3v) is 5.08. The van der Waals surface area contributed by atoms with Crippen LogP contribution >= 0.6 is 11.3 Å². The fourth-order valence-corrected chi connectivity index (χ4v) is 3.55. The first-order chi connectivity index (χ1) is 10.6. The first kappa shape index (κ1) is 15.2. The van der Waals surface area contributed by atoms with E-state index in [1.807, 2.05) is 30.3 Å².